The second-order valence-electron chi connectivity index (χ2n) is 4.91. The number of ketones is 1. The zero-order chi connectivity index (χ0) is 12.7. The van der Waals surface area contributed by atoms with Gasteiger partial charge in [0.05, 0.1) is 11.1 Å². The first-order valence-corrected chi connectivity index (χ1v) is 6.14. The number of fused-ring (bicyclic) bond motifs is 1. The van der Waals surface area contributed by atoms with Crippen LogP contribution in [0.25, 0.3) is 0 Å². The Kier molecular flexibility index (Phi) is 2.51. The van der Waals surface area contributed by atoms with Crippen LogP contribution in [0, 0.1) is 5.92 Å². The molecular formula is C14H13NO3. The predicted octanol–water partition coefficient (Wildman–Crippen LogP) is 1.65. The van der Waals surface area contributed by atoms with Gasteiger partial charge >= 0.3 is 0 Å². The first-order chi connectivity index (χ1) is 8.66. The van der Waals surface area contributed by atoms with Crippen LogP contribution in [0.2, 0.25) is 0 Å². The molecule has 92 valence electrons. The average molecular weight is 243 g/mol. The molecule has 18 heavy (non-hydrogen) atoms. The van der Waals surface area contributed by atoms with Crippen LogP contribution in [0.3, 0.4) is 0 Å². The molecule has 1 aliphatic heterocycles. The fourth-order valence-corrected chi connectivity index (χ4v) is 2.71. The van der Waals surface area contributed by atoms with Crippen molar-refractivity contribution in [2.75, 3.05) is 6.54 Å². The molecule has 2 aliphatic rings. The summed E-state index contributed by atoms with van der Waals surface area (Å²) in [6, 6.07) is 6.87. The summed E-state index contributed by atoms with van der Waals surface area (Å²) in [5, 5.41) is 0. The number of amides is 2. The van der Waals surface area contributed by atoms with E-state index in [4.69, 9.17) is 0 Å². The summed E-state index contributed by atoms with van der Waals surface area (Å²) in [5.41, 5.74) is 0.957. The lowest BCUT2D eigenvalue weighted by molar-refractivity contribution is -0.117. The number of nitrogens with zero attached hydrogens (tertiary/aromatic N) is 1. The van der Waals surface area contributed by atoms with Gasteiger partial charge in [-0.2, -0.15) is 0 Å². The number of Topliss-reactive ketones (excluding diaryl/α,β-unsaturated/α-hetero) is 1. The van der Waals surface area contributed by atoms with Gasteiger partial charge in [0, 0.05) is 19.4 Å². The van der Waals surface area contributed by atoms with Gasteiger partial charge in [-0.1, -0.05) is 12.1 Å². The van der Waals surface area contributed by atoms with E-state index in [1.165, 1.54) is 4.90 Å². The number of hydrogen-bond donors (Lipinski definition) is 0. The molecule has 2 amide bonds. The molecular weight excluding hydrogens is 230 g/mol. The summed E-state index contributed by atoms with van der Waals surface area (Å²) in [5.74, 6) is -0.0822. The quantitative estimate of drug-likeness (QED) is 0.742. The van der Waals surface area contributed by atoms with E-state index in [0.29, 0.717) is 30.5 Å². The molecule has 0 N–H and O–H groups in total. The van der Waals surface area contributed by atoms with Crippen LogP contribution in [0.4, 0.5) is 0 Å². The monoisotopic (exact) mass is 243 g/mol. The van der Waals surface area contributed by atoms with E-state index in [0.717, 1.165) is 6.42 Å². The van der Waals surface area contributed by atoms with Crippen LogP contribution < -0.4 is 0 Å². The number of hydrogen-bond acceptors (Lipinski definition) is 3. The molecule has 1 fully saturated rings. The molecule has 4 nitrogen and oxygen atoms in total. The van der Waals surface area contributed by atoms with Gasteiger partial charge in [0.1, 0.15) is 5.78 Å². The highest BCUT2D eigenvalue weighted by molar-refractivity contribution is 6.21. The van der Waals surface area contributed by atoms with Crippen molar-refractivity contribution in [2.24, 2.45) is 5.92 Å². The van der Waals surface area contributed by atoms with Crippen molar-refractivity contribution in [3.8, 4) is 0 Å². The normalized spacial score (nSPS) is 22.8. The van der Waals surface area contributed by atoms with E-state index in [1.807, 2.05) is 0 Å². The number of imide groups is 1. The zero-order valence-electron chi connectivity index (χ0n) is 9.89. The second-order valence-corrected chi connectivity index (χ2v) is 4.91. The lowest BCUT2D eigenvalue weighted by Gasteiger charge is -2.17. The maximum atomic E-state index is 12.1. The minimum atomic E-state index is -0.227. The van der Waals surface area contributed by atoms with E-state index in [-0.39, 0.29) is 23.5 Å². The number of carbonyl (C=O) groups is 3. The molecule has 0 bridgehead atoms. The van der Waals surface area contributed by atoms with Crippen LogP contribution in [0.5, 0.6) is 0 Å². The highest BCUT2D eigenvalue weighted by atomic mass is 16.2. The zero-order valence-corrected chi connectivity index (χ0v) is 9.89. The van der Waals surface area contributed by atoms with E-state index < -0.39 is 0 Å². The highest BCUT2D eigenvalue weighted by Gasteiger charge is 2.37. The molecule has 4 heteroatoms. The molecule has 1 atom stereocenters. The third-order valence-electron chi connectivity index (χ3n) is 3.67. The third kappa shape index (κ3) is 1.65. The van der Waals surface area contributed by atoms with Crippen LogP contribution in [-0.2, 0) is 4.79 Å². The number of carbonyl (C=O) groups excluding carboxylic acids is 3. The van der Waals surface area contributed by atoms with E-state index in [9.17, 15) is 14.4 Å². The Balaban J connectivity index is 1.82. The fraction of sp³-hybridized carbons (Fsp3) is 0.357. The van der Waals surface area contributed by atoms with Gasteiger partial charge in [-0.05, 0) is 24.5 Å². The number of rotatable bonds is 2. The van der Waals surface area contributed by atoms with E-state index >= 15 is 0 Å². The summed E-state index contributed by atoms with van der Waals surface area (Å²) < 4.78 is 0. The Morgan fingerprint density at radius 2 is 1.67 bits per heavy atom. The Labute approximate surface area is 105 Å². The molecule has 1 aromatic rings. The van der Waals surface area contributed by atoms with Crippen molar-refractivity contribution >= 4 is 17.6 Å². The van der Waals surface area contributed by atoms with Gasteiger partial charge in [-0.15, -0.1) is 0 Å². The first kappa shape index (κ1) is 11.1. The Hall–Kier alpha value is -1.97. The van der Waals surface area contributed by atoms with Gasteiger partial charge in [0.15, 0.2) is 0 Å². The topological polar surface area (TPSA) is 54.5 Å². The van der Waals surface area contributed by atoms with Crippen LogP contribution in [0.1, 0.15) is 40.0 Å². The summed E-state index contributed by atoms with van der Waals surface area (Å²) in [6.45, 7) is 0.373. The predicted molar refractivity (Wildman–Crippen MR) is 64.2 cm³/mol. The van der Waals surface area contributed by atoms with Crippen LogP contribution >= 0.6 is 0 Å². The van der Waals surface area contributed by atoms with Crippen molar-refractivity contribution in [1.29, 1.82) is 0 Å². The lowest BCUT2D eigenvalue weighted by atomic mass is 10.1. The highest BCUT2D eigenvalue weighted by Crippen LogP contribution is 2.28. The van der Waals surface area contributed by atoms with Gasteiger partial charge in [0.2, 0.25) is 0 Å². The second kappa shape index (κ2) is 4.05. The fourth-order valence-electron chi connectivity index (χ4n) is 2.71. The summed E-state index contributed by atoms with van der Waals surface area (Å²) in [4.78, 5) is 36.7. The van der Waals surface area contributed by atoms with Gasteiger partial charge < -0.3 is 0 Å². The molecule has 1 aromatic carbocycles. The van der Waals surface area contributed by atoms with Crippen LogP contribution in [-0.4, -0.2) is 29.0 Å². The van der Waals surface area contributed by atoms with Crippen molar-refractivity contribution in [2.45, 2.75) is 19.3 Å². The Bertz CT molecular complexity index is 515. The molecule has 1 heterocycles. The molecule has 0 unspecified atom stereocenters. The maximum Gasteiger partial charge on any atom is 0.261 e. The van der Waals surface area contributed by atoms with Crippen LogP contribution in [0.15, 0.2) is 24.3 Å². The molecule has 0 aromatic heterocycles. The maximum absolute atomic E-state index is 12.1. The Morgan fingerprint density at radius 3 is 2.17 bits per heavy atom. The first-order valence-electron chi connectivity index (χ1n) is 6.14. The van der Waals surface area contributed by atoms with Gasteiger partial charge in [-0.25, -0.2) is 0 Å². The molecule has 0 spiro atoms. The van der Waals surface area contributed by atoms with Gasteiger partial charge in [0.25, 0.3) is 11.8 Å². The summed E-state index contributed by atoms with van der Waals surface area (Å²) in [7, 11) is 0. The van der Waals surface area contributed by atoms with Crippen molar-refractivity contribution in [3.63, 3.8) is 0 Å². The van der Waals surface area contributed by atoms with Crippen molar-refractivity contribution < 1.29 is 14.4 Å². The molecule has 0 radical (unpaired) electrons. The standard InChI is InChI=1S/C14H13NO3/c16-10-6-5-9(7-10)8-15-13(17)11-3-1-2-4-12(11)14(15)18/h1-4,9H,5-8H2/t9-/m1/s1. The smallest absolute Gasteiger partial charge is 0.261 e. The molecule has 1 saturated carbocycles. The minimum absolute atomic E-state index is 0.139. The molecule has 0 saturated heterocycles. The van der Waals surface area contributed by atoms with E-state index in [1.54, 1.807) is 24.3 Å². The SMILES string of the molecule is O=C1CC[C@@H](CN2C(=O)c3ccccc3C2=O)C1. The molecule has 1 aliphatic carbocycles. The summed E-state index contributed by atoms with van der Waals surface area (Å²) in [6.07, 6.45) is 1.85. The van der Waals surface area contributed by atoms with E-state index in [2.05, 4.69) is 0 Å². The average Bonchev–Trinajstić information content (AvgIpc) is 2.88. The van der Waals surface area contributed by atoms with Crippen molar-refractivity contribution in [3.05, 3.63) is 35.4 Å². The number of benzene rings is 1. The molecule has 3 rings (SSSR count). The lowest BCUT2D eigenvalue weighted by Crippen LogP contribution is -2.34. The Morgan fingerprint density at radius 1 is 1.06 bits per heavy atom. The third-order valence-corrected chi connectivity index (χ3v) is 3.67. The summed E-state index contributed by atoms with van der Waals surface area (Å²) >= 11 is 0. The largest absolute Gasteiger partial charge is 0.300 e. The minimum Gasteiger partial charge on any atom is -0.300 e. The van der Waals surface area contributed by atoms with Crippen molar-refractivity contribution in [1.82, 2.24) is 4.90 Å². The van der Waals surface area contributed by atoms with Gasteiger partial charge in [-0.3, -0.25) is 19.3 Å².